The molecule has 1 aromatic rings. The smallest absolute Gasteiger partial charge is 0.297 e. The lowest BCUT2D eigenvalue weighted by atomic mass is 10.3. The second-order valence-corrected chi connectivity index (χ2v) is 3.27. The lowest BCUT2D eigenvalue weighted by Gasteiger charge is -2.02. The third-order valence-corrected chi connectivity index (χ3v) is 1.93. The molecule has 0 aliphatic rings. The predicted molar refractivity (Wildman–Crippen MR) is 60.1 cm³/mol. The SMILES string of the molecule is CC/C(Cl)=N/OC(=O)Nc1cccc(F)c1. The first-order chi connectivity index (χ1) is 7.61. The summed E-state index contributed by atoms with van der Waals surface area (Å²) in [6.07, 6.45) is -0.355. The van der Waals surface area contributed by atoms with Crippen molar-refractivity contribution in [1.82, 2.24) is 0 Å². The number of hydrogen-bond acceptors (Lipinski definition) is 3. The van der Waals surface area contributed by atoms with E-state index in [2.05, 4.69) is 15.3 Å². The number of carbonyl (C=O) groups excluding carboxylic acids is 1. The maximum absolute atomic E-state index is 12.7. The van der Waals surface area contributed by atoms with Crippen LogP contribution in [0.15, 0.2) is 29.4 Å². The zero-order valence-electron chi connectivity index (χ0n) is 8.54. The molecule has 1 aromatic carbocycles. The second kappa shape index (κ2) is 6.07. The lowest BCUT2D eigenvalue weighted by molar-refractivity contribution is 0.166. The van der Waals surface area contributed by atoms with E-state index in [-0.39, 0.29) is 10.9 Å². The summed E-state index contributed by atoms with van der Waals surface area (Å²) in [5.74, 6) is -0.451. The number of halogens is 2. The van der Waals surface area contributed by atoms with Gasteiger partial charge in [-0.2, -0.15) is 0 Å². The Labute approximate surface area is 97.0 Å². The van der Waals surface area contributed by atoms with Gasteiger partial charge in [-0.15, -0.1) is 0 Å². The van der Waals surface area contributed by atoms with Gasteiger partial charge in [-0.1, -0.05) is 29.7 Å². The number of carbonyl (C=O) groups is 1. The molecule has 0 aromatic heterocycles. The minimum atomic E-state index is -0.822. The maximum atomic E-state index is 12.7. The molecular weight excluding hydrogens is 235 g/mol. The summed E-state index contributed by atoms with van der Waals surface area (Å²) < 4.78 is 12.7. The van der Waals surface area contributed by atoms with Crippen LogP contribution in [-0.2, 0) is 4.84 Å². The molecule has 0 fully saturated rings. The van der Waals surface area contributed by atoms with E-state index in [1.807, 2.05) is 0 Å². The molecule has 0 heterocycles. The Morgan fingerprint density at radius 3 is 3.00 bits per heavy atom. The molecule has 0 radical (unpaired) electrons. The Morgan fingerprint density at radius 1 is 1.62 bits per heavy atom. The van der Waals surface area contributed by atoms with E-state index in [9.17, 15) is 9.18 Å². The molecule has 1 amide bonds. The molecule has 0 atom stereocenters. The highest BCUT2D eigenvalue weighted by atomic mass is 35.5. The van der Waals surface area contributed by atoms with Crippen molar-refractivity contribution in [2.75, 3.05) is 5.32 Å². The Kier molecular flexibility index (Phi) is 4.72. The molecule has 0 spiro atoms. The second-order valence-electron chi connectivity index (χ2n) is 2.84. The number of rotatable bonds is 3. The van der Waals surface area contributed by atoms with E-state index < -0.39 is 11.9 Å². The zero-order valence-corrected chi connectivity index (χ0v) is 9.29. The number of benzene rings is 1. The van der Waals surface area contributed by atoms with Crippen molar-refractivity contribution in [3.05, 3.63) is 30.1 Å². The van der Waals surface area contributed by atoms with Crippen LogP contribution in [0.1, 0.15) is 13.3 Å². The molecule has 1 rings (SSSR count). The Hall–Kier alpha value is -1.62. The Bertz CT molecular complexity index is 410. The van der Waals surface area contributed by atoms with Crippen LogP contribution >= 0.6 is 11.6 Å². The van der Waals surface area contributed by atoms with Gasteiger partial charge in [-0.05, 0) is 18.2 Å². The van der Waals surface area contributed by atoms with Crippen LogP contribution < -0.4 is 5.32 Å². The molecule has 1 N–H and O–H groups in total. The van der Waals surface area contributed by atoms with Crippen molar-refractivity contribution in [1.29, 1.82) is 0 Å². The average molecular weight is 245 g/mol. The fraction of sp³-hybridized carbons (Fsp3) is 0.200. The molecule has 0 saturated heterocycles. The van der Waals surface area contributed by atoms with Gasteiger partial charge in [0.25, 0.3) is 0 Å². The molecule has 16 heavy (non-hydrogen) atoms. The van der Waals surface area contributed by atoms with Gasteiger partial charge < -0.3 is 0 Å². The van der Waals surface area contributed by atoms with Gasteiger partial charge in [0.1, 0.15) is 11.0 Å². The molecule has 4 nitrogen and oxygen atoms in total. The Morgan fingerprint density at radius 2 is 2.38 bits per heavy atom. The topological polar surface area (TPSA) is 50.7 Å². The number of oxime groups is 1. The van der Waals surface area contributed by atoms with Gasteiger partial charge in [0.05, 0.1) is 0 Å². The lowest BCUT2D eigenvalue weighted by Crippen LogP contribution is -2.11. The van der Waals surface area contributed by atoms with Gasteiger partial charge in [-0.3, -0.25) is 10.2 Å². The fourth-order valence-corrected chi connectivity index (χ4v) is 0.897. The van der Waals surface area contributed by atoms with Gasteiger partial charge >= 0.3 is 6.09 Å². The van der Waals surface area contributed by atoms with Gasteiger partial charge in [0, 0.05) is 12.1 Å². The van der Waals surface area contributed by atoms with Crippen LogP contribution in [0, 0.1) is 5.82 Å². The van der Waals surface area contributed by atoms with Crippen LogP contribution in [0.3, 0.4) is 0 Å². The third-order valence-electron chi connectivity index (χ3n) is 1.59. The molecular formula is C10H10ClFN2O2. The fourth-order valence-electron chi connectivity index (χ4n) is 0.862. The first kappa shape index (κ1) is 12.4. The first-order valence-corrected chi connectivity index (χ1v) is 4.95. The number of anilines is 1. The van der Waals surface area contributed by atoms with Crippen LogP contribution in [-0.4, -0.2) is 11.3 Å². The van der Waals surface area contributed by atoms with Crippen molar-refractivity contribution in [2.45, 2.75) is 13.3 Å². The van der Waals surface area contributed by atoms with Crippen LogP contribution in [0.5, 0.6) is 0 Å². The van der Waals surface area contributed by atoms with Crippen molar-refractivity contribution >= 4 is 28.6 Å². The molecule has 0 aliphatic carbocycles. The van der Waals surface area contributed by atoms with E-state index in [1.54, 1.807) is 6.92 Å². The number of amides is 1. The number of nitrogens with zero attached hydrogens (tertiary/aromatic N) is 1. The summed E-state index contributed by atoms with van der Waals surface area (Å²) >= 11 is 5.52. The highest BCUT2D eigenvalue weighted by Gasteiger charge is 2.03. The summed E-state index contributed by atoms with van der Waals surface area (Å²) in [4.78, 5) is 15.5. The predicted octanol–water partition coefficient (Wildman–Crippen LogP) is 3.34. The summed E-state index contributed by atoms with van der Waals surface area (Å²) in [5, 5.41) is 5.81. The molecule has 86 valence electrons. The van der Waals surface area contributed by atoms with Crippen LogP contribution in [0.2, 0.25) is 0 Å². The molecule has 0 unspecified atom stereocenters. The van der Waals surface area contributed by atoms with E-state index in [0.29, 0.717) is 6.42 Å². The monoisotopic (exact) mass is 244 g/mol. The van der Waals surface area contributed by atoms with E-state index in [1.165, 1.54) is 18.2 Å². The highest BCUT2D eigenvalue weighted by molar-refractivity contribution is 6.65. The maximum Gasteiger partial charge on any atom is 0.437 e. The summed E-state index contributed by atoms with van der Waals surface area (Å²) in [7, 11) is 0. The summed E-state index contributed by atoms with van der Waals surface area (Å²) in [6.45, 7) is 1.76. The first-order valence-electron chi connectivity index (χ1n) is 4.57. The van der Waals surface area contributed by atoms with E-state index in [4.69, 9.17) is 11.6 Å². The van der Waals surface area contributed by atoms with E-state index in [0.717, 1.165) is 6.07 Å². The molecule has 0 aliphatic heterocycles. The van der Waals surface area contributed by atoms with E-state index >= 15 is 0 Å². The van der Waals surface area contributed by atoms with Crippen molar-refractivity contribution in [3.8, 4) is 0 Å². The van der Waals surface area contributed by atoms with Crippen molar-refractivity contribution in [2.24, 2.45) is 5.16 Å². The minimum absolute atomic E-state index is 0.175. The highest BCUT2D eigenvalue weighted by Crippen LogP contribution is 2.09. The average Bonchev–Trinajstić information content (AvgIpc) is 2.26. The number of nitrogens with one attached hydrogen (secondary N) is 1. The van der Waals surface area contributed by atoms with Crippen LogP contribution in [0.4, 0.5) is 14.9 Å². The summed E-state index contributed by atoms with van der Waals surface area (Å²) in [6, 6.07) is 5.41. The molecule has 0 bridgehead atoms. The largest absolute Gasteiger partial charge is 0.437 e. The summed E-state index contributed by atoms with van der Waals surface area (Å²) in [5.41, 5.74) is 0.285. The standard InChI is InChI=1S/C10H10ClFN2O2/c1-2-9(11)14-16-10(15)13-8-5-3-4-7(12)6-8/h3-6H,2H2,1H3,(H,13,15)/b14-9-. The third kappa shape index (κ3) is 4.27. The normalized spacial score (nSPS) is 11.1. The number of hydrogen-bond donors (Lipinski definition) is 1. The minimum Gasteiger partial charge on any atom is -0.297 e. The zero-order chi connectivity index (χ0) is 12.0. The van der Waals surface area contributed by atoms with Crippen molar-refractivity contribution in [3.63, 3.8) is 0 Å². The molecule has 6 heteroatoms. The van der Waals surface area contributed by atoms with Gasteiger partial charge in [-0.25, -0.2) is 9.18 Å². The van der Waals surface area contributed by atoms with Gasteiger partial charge in [0.2, 0.25) is 0 Å². The van der Waals surface area contributed by atoms with Crippen LogP contribution in [0.25, 0.3) is 0 Å². The quantitative estimate of drug-likeness (QED) is 0.504. The van der Waals surface area contributed by atoms with Crippen molar-refractivity contribution < 1.29 is 14.0 Å². The Balaban J connectivity index is 2.52. The molecule has 0 saturated carbocycles. The van der Waals surface area contributed by atoms with Gasteiger partial charge in [0.15, 0.2) is 0 Å².